The zero-order valence-electron chi connectivity index (χ0n) is 13.2. The van der Waals surface area contributed by atoms with Crippen molar-refractivity contribution in [1.82, 2.24) is 15.0 Å². The summed E-state index contributed by atoms with van der Waals surface area (Å²) in [5, 5.41) is -0.0718. The summed E-state index contributed by atoms with van der Waals surface area (Å²) in [5.74, 6) is 0. The van der Waals surface area contributed by atoms with Gasteiger partial charge in [0, 0.05) is 35.7 Å². The maximum atomic E-state index is 13.4. The molecule has 3 heterocycles. The second-order valence-corrected chi connectivity index (χ2v) is 7.70. The van der Waals surface area contributed by atoms with Crippen LogP contribution < -0.4 is 0 Å². The topological polar surface area (TPSA) is 75.7 Å². The average molecular weight is 349 g/mol. The summed E-state index contributed by atoms with van der Waals surface area (Å²) in [7, 11) is -3.66. The number of nitrogens with one attached hydrogen (secondary N) is 1. The highest BCUT2D eigenvalue weighted by Gasteiger charge is 2.32. The van der Waals surface area contributed by atoms with Gasteiger partial charge in [0.2, 0.25) is 0 Å². The number of aromatic amines is 1. The molecule has 5 nitrogen and oxygen atoms in total. The van der Waals surface area contributed by atoms with Gasteiger partial charge in [-0.15, -0.1) is 0 Å². The summed E-state index contributed by atoms with van der Waals surface area (Å²) >= 11 is 0. The second-order valence-electron chi connectivity index (χ2n) is 5.67. The first-order valence-electron chi connectivity index (χ1n) is 7.79. The molecule has 6 heteroatoms. The van der Waals surface area contributed by atoms with E-state index < -0.39 is 15.1 Å². The van der Waals surface area contributed by atoms with Crippen LogP contribution in [0.5, 0.6) is 0 Å². The van der Waals surface area contributed by atoms with Crippen molar-refractivity contribution in [3.05, 3.63) is 90.5 Å². The molecule has 0 aliphatic carbocycles. The fourth-order valence-corrected chi connectivity index (χ4v) is 4.83. The molecule has 1 aromatic carbocycles. The molecule has 4 aromatic rings. The van der Waals surface area contributed by atoms with Crippen LogP contribution in [0.3, 0.4) is 0 Å². The van der Waals surface area contributed by atoms with E-state index in [4.69, 9.17) is 0 Å². The van der Waals surface area contributed by atoms with Gasteiger partial charge in [-0.05, 0) is 35.9 Å². The Labute approximate surface area is 145 Å². The molecule has 124 valence electrons. The monoisotopic (exact) mass is 349 g/mol. The number of hydrogen-bond donors (Lipinski definition) is 1. The van der Waals surface area contributed by atoms with E-state index in [0.29, 0.717) is 16.8 Å². The second kappa shape index (κ2) is 6.14. The predicted octanol–water partition coefficient (Wildman–Crippen LogP) is 3.52. The van der Waals surface area contributed by atoms with Crippen LogP contribution in [0.25, 0.3) is 11.0 Å². The minimum Gasteiger partial charge on any atom is -0.346 e. The Hall–Kier alpha value is -2.99. The molecule has 3 aromatic heterocycles. The van der Waals surface area contributed by atoms with Crippen molar-refractivity contribution < 1.29 is 8.42 Å². The fourth-order valence-electron chi connectivity index (χ4n) is 3.00. The van der Waals surface area contributed by atoms with Crippen molar-refractivity contribution in [3.63, 3.8) is 0 Å². The molecule has 0 spiro atoms. The Morgan fingerprint density at radius 2 is 1.72 bits per heavy atom. The molecule has 1 atom stereocenters. The molecule has 0 saturated carbocycles. The quantitative estimate of drug-likeness (QED) is 0.612. The van der Waals surface area contributed by atoms with Crippen LogP contribution in [0.15, 0.2) is 84.3 Å². The lowest BCUT2D eigenvalue weighted by atomic mass is 10.1. The maximum absolute atomic E-state index is 13.4. The highest BCUT2D eigenvalue weighted by atomic mass is 32.2. The normalized spacial score (nSPS) is 13.0. The first-order chi connectivity index (χ1) is 12.2. The maximum Gasteiger partial charge on any atom is 0.189 e. The van der Waals surface area contributed by atoms with Crippen molar-refractivity contribution in [2.45, 2.75) is 10.1 Å². The molecule has 0 fully saturated rings. The van der Waals surface area contributed by atoms with Crippen molar-refractivity contribution >= 4 is 20.9 Å². The van der Waals surface area contributed by atoms with Crippen molar-refractivity contribution in [2.24, 2.45) is 0 Å². The largest absolute Gasteiger partial charge is 0.346 e. The molecular formula is C19H15N3O2S. The van der Waals surface area contributed by atoms with E-state index >= 15 is 0 Å². The third-order valence-electron chi connectivity index (χ3n) is 4.13. The van der Waals surface area contributed by atoms with E-state index in [1.165, 1.54) is 0 Å². The van der Waals surface area contributed by atoms with Crippen LogP contribution in [-0.2, 0) is 9.84 Å². The smallest absolute Gasteiger partial charge is 0.189 e. The first kappa shape index (κ1) is 15.5. The Balaban J connectivity index is 1.98. The van der Waals surface area contributed by atoms with Crippen LogP contribution in [0, 0.1) is 0 Å². The van der Waals surface area contributed by atoms with E-state index in [9.17, 15) is 8.42 Å². The molecule has 1 unspecified atom stereocenters. The first-order valence-corrected chi connectivity index (χ1v) is 9.33. The van der Waals surface area contributed by atoms with Crippen molar-refractivity contribution in [3.8, 4) is 0 Å². The number of benzene rings is 1. The number of sulfone groups is 1. The Bertz CT molecular complexity index is 1110. The number of rotatable bonds is 4. The zero-order chi connectivity index (χ0) is 17.3. The molecule has 0 saturated heterocycles. The van der Waals surface area contributed by atoms with E-state index in [1.54, 1.807) is 73.3 Å². The lowest BCUT2D eigenvalue weighted by Gasteiger charge is -2.17. The molecule has 0 amide bonds. The van der Waals surface area contributed by atoms with Crippen LogP contribution in [0.2, 0.25) is 0 Å². The van der Waals surface area contributed by atoms with E-state index in [0.717, 1.165) is 5.39 Å². The molecule has 4 rings (SSSR count). The number of nitrogens with zero attached hydrogens (tertiary/aromatic N) is 2. The van der Waals surface area contributed by atoms with E-state index in [1.807, 2.05) is 6.07 Å². The Morgan fingerprint density at radius 1 is 0.920 bits per heavy atom. The average Bonchev–Trinajstić information content (AvgIpc) is 3.07. The van der Waals surface area contributed by atoms with Gasteiger partial charge in [-0.1, -0.05) is 24.3 Å². The minimum atomic E-state index is -3.66. The van der Waals surface area contributed by atoms with E-state index in [-0.39, 0.29) is 4.90 Å². The number of fused-ring (bicyclic) bond motifs is 1. The van der Waals surface area contributed by atoms with Gasteiger partial charge in [0.15, 0.2) is 9.84 Å². The number of pyridine rings is 2. The lowest BCUT2D eigenvalue weighted by molar-refractivity contribution is 0.589. The van der Waals surface area contributed by atoms with Gasteiger partial charge in [0.1, 0.15) is 10.9 Å². The summed E-state index contributed by atoms with van der Waals surface area (Å²) in [5.41, 5.74) is 1.95. The molecule has 0 aliphatic rings. The summed E-state index contributed by atoms with van der Waals surface area (Å²) in [4.78, 5) is 11.7. The van der Waals surface area contributed by atoms with Crippen molar-refractivity contribution in [2.75, 3.05) is 0 Å². The van der Waals surface area contributed by atoms with E-state index in [2.05, 4.69) is 15.0 Å². The molecule has 25 heavy (non-hydrogen) atoms. The van der Waals surface area contributed by atoms with Gasteiger partial charge < -0.3 is 4.98 Å². The van der Waals surface area contributed by atoms with Crippen LogP contribution in [0.4, 0.5) is 0 Å². The Kier molecular flexibility index (Phi) is 3.82. The van der Waals surface area contributed by atoms with Gasteiger partial charge in [0.25, 0.3) is 0 Å². The van der Waals surface area contributed by atoms with Crippen molar-refractivity contribution in [1.29, 1.82) is 0 Å². The number of hydrogen-bond acceptors (Lipinski definition) is 4. The van der Waals surface area contributed by atoms with Gasteiger partial charge in [-0.3, -0.25) is 4.98 Å². The van der Waals surface area contributed by atoms with Crippen LogP contribution in [0.1, 0.15) is 16.4 Å². The molecule has 0 aliphatic heterocycles. The summed E-state index contributed by atoms with van der Waals surface area (Å²) in [6.45, 7) is 0. The fraction of sp³-hybridized carbons (Fsp3) is 0.0526. The summed E-state index contributed by atoms with van der Waals surface area (Å²) in [6.07, 6.45) is 6.62. The molecular weight excluding hydrogens is 334 g/mol. The summed E-state index contributed by atoms with van der Waals surface area (Å²) < 4.78 is 26.8. The van der Waals surface area contributed by atoms with Gasteiger partial charge >= 0.3 is 0 Å². The van der Waals surface area contributed by atoms with Gasteiger partial charge in [0.05, 0.1) is 4.90 Å². The Morgan fingerprint density at radius 3 is 2.48 bits per heavy atom. The summed E-state index contributed by atoms with van der Waals surface area (Å²) in [6, 6.07) is 15.7. The number of aromatic nitrogens is 3. The molecule has 1 N–H and O–H groups in total. The SMILES string of the molecule is O=S(=O)(c1ccccc1)C(c1cccnc1)c1c[nH]c2ncccc12. The third kappa shape index (κ3) is 2.70. The zero-order valence-corrected chi connectivity index (χ0v) is 14.0. The van der Waals surface area contributed by atoms with Crippen LogP contribution >= 0.6 is 0 Å². The lowest BCUT2D eigenvalue weighted by Crippen LogP contribution is -2.15. The standard InChI is InChI=1S/C19H15N3O2S/c23-25(24,15-7-2-1-3-8-15)18(14-6-4-10-20-12-14)17-13-22-19-16(17)9-5-11-21-19/h1-13,18H,(H,21,22). The third-order valence-corrected chi connectivity index (χ3v) is 6.21. The van der Waals surface area contributed by atoms with Gasteiger partial charge in [-0.25, -0.2) is 13.4 Å². The highest BCUT2D eigenvalue weighted by Crippen LogP contribution is 2.37. The van der Waals surface area contributed by atoms with Gasteiger partial charge in [-0.2, -0.15) is 0 Å². The minimum absolute atomic E-state index is 0.280. The predicted molar refractivity (Wildman–Crippen MR) is 95.8 cm³/mol. The highest BCUT2D eigenvalue weighted by molar-refractivity contribution is 7.92. The molecule has 0 bridgehead atoms. The molecule has 0 radical (unpaired) electrons. The van der Waals surface area contributed by atoms with Crippen LogP contribution in [-0.4, -0.2) is 23.4 Å². The number of H-pyrrole nitrogens is 1.